The summed E-state index contributed by atoms with van der Waals surface area (Å²) < 4.78 is 10.9. The van der Waals surface area contributed by atoms with Crippen LogP contribution in [-0.2, 0) is 6.54 Å². The zero-order valence-electron chi connectivity index (χ0n) is 17.6. The number of ether oxygens (including phenoxy) is 2. The first-order valence-electron chi connectivity index (χ1n) is 10.0. The highest BCUT2D eigenvalue weighted by atomic mass is 127. The summed E-state index contributed by atoms with van der Waals surface area (Å²) in [7, 11) is 1.62. The molecule has 6 nitrogen and oxygen atoms in total. The number of nitrogens with zero attached hydrogens (tertiary/aromatic N) is 2. The average molecular weight is 505 g/mol. The molecule has 0 amide bonds. The smallest absolute Gasteiger partial charge is 0.194 e. The molecule has 7 heteroatoms. The van der Waals surface area contributed by atoms with Crippen molar-refractivity contribution in [1.29, 1.82) is 0 Å². The molecule has 1 unspecified atom stereocenters. The van der Waals surface area contributed by atoms with Crippen LogP contribution in [0.15, 0.2) is 23.2 Å². The molecule has 1 aliphatic heterocycles. The van der Waals surface area contributed by atoms with Crippen LogP contribution in [0.25, 0.3) is 0 Å². The van der Waals surface area contributed by atoms with Gasteiger partial charge in [0.05, 0.1) is 20.3 Å². The van der Waals surface area contributed by atoms with Crippen molar-refractivity contribution in [2.75, 3.05) is 40.0 Å². The minimum absolute atomic E-state index is 0. The van der Waals surface area contributed by atoms with E-state index < -0.39 is 0 Å². The third-order valence-corrected chi connectivity index (χ3v) is 4.71. The van der Waals surface area contributed by atoms with E-state index in [9.17, 15) is 0 Å². The zero-order valence-corrected chi connectivity index (χ0v) is 19.9. The van der Waals surface area contributed by atoms with Crippen molar-refractivity contribution >= 4 is 29.9 Å². The fraction of sp³-hybridized carbons (Fsp3) is 0.667. The maximum Gasteiger partial charge on any atom is 0.194 e. The molecule has 0 aliphatic carbocycles. The normalized spacial score (nSPS) is 16.9. The van der Waals surface area contributed by atoms with Crippen LogP contribution in [0.5, 0.6) is 11.5 Å². The van der Waals surface area contributed by atoms with Crippen molar-refractivity contribution in [3.63, 3.8) is 0 Å². The van der Waals surface area contributed by atoms with Crippen LogP contribution in [0.4, 0.5) is 0 Å². The Hall–Kier alpha value is -1.22. The first-order chi connectivity index (χ1) is 13.1. The van der Waals surface area contributed by atoms with E-state index in [1.54, 1.807) is 7.11 Å². The van der Waals surface area contributed by atoms with Crippen molar-refractivity contribution in [3.05, 3.63) is 23.8 Å². The van der Waals surface area contributed by atoms with Gasteiger partial charge in [-0.2, -0.15) is 0 Å². The SMILES string of the molecule is CCNC(=NCc1ccc(OCCO)c(OC)c1)N1CCC(CC(C)C)C1.I. The molecule has 28 heavy (non-hydrogen) atoms. The second-order valence-electron chi connectivity index (χ2n) is 7.46. The Balaban J connectivity index is 0.00000392. The number of halogens is 1. The lowest BCUT2D eigenvalue weighted by Crippen LogP contribution is -2.40. The number of guanidine groups is 1. The topological polar surface area (TPSA) is 66.3 Å². The molecule has 1 saturated heterocycles. The number of benzene rings is 1. The van der Waals surface area contributed by atoms with Crippen LogP contribution in [-0.4, -0.2) is 55.9 Å². The number of hydrogen-bond acceptors (Lipinski definition) is 4. The van der Waals surface area contributed by atoms with Crippen molar-refractivity contribution < 1.29 is 14.6 Å². The van der Waals surface area contributed by atoms with Gasteiger partial charge in [0.25, 0.3) is 0 Å². The first kappa shape index (κ1) is 24.8. The third-order valence-electron chi connectivity index (χ3n) is 4.71. The lowest BCUT2D eigenvalue weighted by atomic mass is 9.97. The highest BCUT2D eigenvalue weighted by molar-refractivity contribution is 14.0. The minimum atomic E-state index is -0.0190. The number of methoxy groups -OCH3 is 1. The van der Waals surface area contributed by atoms with Gasteiger partial charge >= 0.3 is 0 Å². The fourth-order valence-corrected chi connectivity index (χ4v) is 3.56. The molecular weight excluding hydrogens is 469 g/mol. The summed E-state index contributed by atoms with van der Waals surface area (Å²) in [5, 5.41) is 12.3. The molecule has 0 spiro atoms. The quantitative estimate of drug-likeness (QED) is 0.306. The Labute approximate surface area is 186 Å². The number of likely N-dealkylation sites (tertiary alicyclic amines) is 1. The summed E-state index contributed by atoms with van der Waals surface area (Å²) in [6.07, 6.45) is 2.52. The van der Waals surface area contributed by atoms with Gasteiger partial charge in [-0.1, -0.05) is 19.9 Å². The van der Waals surface area contributed by atoms with Gasteiger partial charge in [-0.05, 0) is 49.3 Å². The average Bonchev–Trinajstić information content (AvgIpc) is 3.11. The molecule has 1 aliphatic rings. The van der Waals surface area contributed by atoms with Crippen LogP contribution >= 0.6 is 24.0 Å². The monoisotopic (exact) mass is 505 g/mol. The zero-order chi connectivity index (χ0) is 19.6. The number of aliphatic imine (C=N–C) groups is 1. The molecule has 0 aromatic heterocycles. The number of hydrogen-bond donors (Lipinski definition) is 2. The van der Waals surface area contributed by atoms with Crippen molar-refractivity contribution in [2.24, 2.45) is 16.8 Å². The maximum atomic E-state index is 8.92. The fourth-order valence-electron chi connectivity index (χ4n) is 3.56. The number of nitrogens with one attached hydrogen (secondary N) is 1. The Kier molecular flexibility index (Phi) is 11.6. The summed E-state index contributed by atoms with van der Waals surface area (Å²) in [5.41, 5.74) is 1.07. The molecule has 1 atom stereocenters. The van der Waals surface area contributed by atoms with Crippen LogP contribution in [0, 0.1) is 11.8 Å². The molecule has 0 radical (unpaired) electrons. The van der Waals surface area contributed by atoms with Gasteiger partial charge < -0.3 is 24.8 Å². The van der Waals surface area contributed by atoms with Gasteiger partial charge in [0, 0.05) is 19.6 Å². The van der Waals surface area contributed by atoms with Crippen molar-refractivity contribution in [2.45, 2.75) is 40.2 Å². The van der Waals surface area contributed by atoms with Crippen LogP contribution in [0.1, 0.15) is 39.2 Å². The van der Waals surface area contributed by atoms with Gasteiger partial charge in [-0.25, -0.2) is 4.99 Å². The maximum absolute atomic E-state index is 8.92. The largest absolute Gasteiger partial charge is 0.493 e. The summed E-state index contributed by atoms with van der Waals surface area (Å²) in [6, 6.07) is 5.82. The van der Waals surface area contributed by atoms with Gasteiger partial charge in [0.1, 0.15) is 6.61 Å². The Morgan fingerprint density at radius 2 is 2.14 bits per heavy atom. The van der Waals surface area contributed by atoms with E-state index >= 15 is 0 Å². The summed E-state index contributed by atoms with van der Waals surface area (Å²) in [6.45, 7) is 10.5. The molecule has 0 saturated carbocycles. The highest BCUT2D eigenvalue weighted by Crippen LogP contribution is 2.28. The van der Waals surface area contributed by atoms with E-state index in [0.29, 0.717) is 18.0 Å². The van der Waals surface area contributed by atoms with Crippen molar-refractivity contribution in [1.82, 2.24) is 10.2 Å². The summed E-state index contributed by atoms with van der Waals surface area (Å²) >= 11 is 0. The summed E-state index contributed by atoms with van der Waals surface area (Å²) in [4.78, 5) is 7.22. The molecule has 1 aromatic rings. The Morgan fingerprint density at radius 1 is 1.36 bits per heavy atom. The molecular formula is C21H36IN3O3. The second-order valence-corrected chi connectivity index (χ2v) is 7.46. The lowest BCUT2D eigenvalue weighted by molar-refractivity contribution is 0.196. The van der Waals surface area contributed by atoms with Crippen molar-refractivity contribution in [3.8, 4) is 11.5 Å². The Morgan fingerprint density at radius 3 is 2.79 bits per heavy atom. The third kappa shape index (κ3) is 7.66. The van der Waals surface area contributed by atoms with E-state index in [1.807, 2.05) is 18.2 Å². The molecule has 1 aromatic carbocycles. The summed E-state index contributed by atoms with van der Waals surface area (Å²) in [5.74, 6) is 3.80. The first-order valence-corrected chi connectivity index (χ1v) is 10.0. The molecule has 160 valence electrons. The van der Waals surface area contributed by atoms with Crippen LogP contribution in [0.3, 0.4) is 0 Å². The van der Waals surface area contributed by atoms with Gasteiger partial charge in [0.2, 0.25) is 0 Å². The molecule has 1 heterocycles. The molecule has 2 N–H and O–H groups in total. The highest BCUT2D eigenvalue weighted by Gasteiger charge is 2.25. The molecule has 0 bridgehead atoms. The van der Waals surface area contributed by atoms with Gasteiger partial charge in [-0.15, -0.1) is 24.0 Å². The standard InChI is InChI=1S/C21H35N3O3.HI/c1-5-22-21(24-9-8-18(15-24)12-16(2)3)23-14-17-6-7-19(27-11-10-25)20(13-17)26-4;/h6-7,13,16,18,25H,5,8-12,14-15H2,1-4H3,(H,22,23);1H. The lowest BCUT2D eigenvalue weighted by Gasteiger charge is -2.22. The predicted octanol–water partition coefficient (Wildman–Crippen LogP) is 3.52. The van der Waals surface area contributed by atoms with E-state index in [4.69, 9.17) is 19.6 Å². The predicted molar refractivity (Wildman–Crippen MR) is 125 cm³/mol. The van der Waals surface area contributed by atoms with E-state index in [2.05, 4.69) is 31.0 Å². The van der Waals surface area contributed by atoms with E-state index in [0.717, 1.165) is 43.0 Å². The number of aliphatic hydroxyl groups excluding tert-OH is 1. The number of rotatable bonds is 9. The minimum Gasteiger partial charge on any atom is -0.493 e. The Bertz CT molecular complexity index is 611. The van der Waals surface area contributed by atoms with Gasteiger partial charge in [-0.3, -0.25) is 0 Å². The van der Waals surface area contributed by atoms with Gasteiger partial charge in [0.15, 0.2) is 17.5 Å². The second kappa shape index (κ2) is 13.1. The van der Waals surface area contributed by atoms with Crippen LogP contribution < -0.4 is 14.8 Å². The van der Waals surface area contributed by atoms with E-state index in [-0.39, 0.29) is 37.2 Å². The van der Waals surface area contributed by atoms with E-state index in [1.165, 1.54) is 12.8 Å². The van der Waals surface area contributed by atoms with Crippen LogP contribution in [0.2, 0.25) is 0 Å². The molecule has 2 rings (SSSR count). The number of aliphatic hydroxyl groups is 1. The molecule has 1 fully saturated rings.